The number of ether oxygens (including phenoxy) is 2. The summed E-state index contributed by atoms with van der Waals surface area (Å²) in [6.45, 7) is 15.5. The summed E-state index contributed by atoms with van der Waals surface area (Å²) >= 11 is 0. The predicted molar refractivity (Wildman–Crippen MR) is 92.3 cm³/mol. The Bertz CT molecular complexity index is 701. The van der Waals surface area contributed by atoms with E-state index in [1.165, 1.54) is 0 Å². The number of hydrogen-bond donors (Lipinski definition) is 1. The van der Waals surface area contributed by atoms with Gasteiger partial charge in [-0.1, -0.05) is 31.4 Å². The molecule has 3 fully saturated rings. The number of esters is 2. The maximum absolute atomic E-state index is 12.1. The van der Waals surface area contributed by atoms with Gasteiger partial charge in [-0.15, -0.1) is 0 Å². The number of aliphatic hydroxyl groups is 1. The van der Waals surface area contributed by atoms with Crippen molar-refractivity contribution < 1.29 is 24.2 Å². The third kappa shape index (κ3) is 2.76. The number of fused-ring (bicyclic) bond motifs is 3. The van der Waals surface area contributed by atoms with Gasteiger partial charge in [-0.2, -0.15) is 0 Å². The molecule has 1 saturated heterocycles. The van der Waals surface area contributed by atoms with Gasteiger partial charge in [-0.25, -0.2) is 9.59 Å². The molecule has 1 heterocycles. The van der Waals surface area contributed by atoms with Gasteiger partial charge in [0.05, 0.1) is 12.0 Å². The van der Waals surface area contributed by atoms with Crippen LogP contribution in [0.15, 0.2) is 48.1 Å². The fourth-order valence-corrected chi connectivity index (χ4v) is 4.23. The molecule has 1 aliphatic heterocycles. The van der Waals surface area contributed by atoms with Crippen molar-refractivity contribution in [2.45, 2.75) is 45.0 Å². The van der Waals surface area contributed by atoms with Crippen molar-refractivity contribution in [3.63, 3.8) is 0 Å². The summed E-state index contributed by atoms with van der Waals surface area (Å²) in [5.74, 6) is -1.58. The topological polar surface area (TPSA) is 72.8 Å². The molecule has 134 valence electrons. The third-order valence-electron chi connectivity index (χ3n) is 5.77. The molecule has 0 aromatic carbocycles. The molecule has 1 N–H and O–H groups in total. The SMILES string of the molecule is C=C1C(=O)O[C@@H]2[C@H]3C(=C)[C@@H](OC(=O)/C(C)=C/C)C[C@H]3C(=C)C[C@H](O)[C@@H]12. The Kier molecular flexibility index (Phi) is 4.45. The lowest BCUT2D eigenvalue weighted by Gasteiger charge is -2.27. The van der Waals surface area contributed by atoms with E-state index in [-0.39, 0.29) is 17.8 Å². The molecule has 2 saturated carbocycles. The zero-order chi connectivity index (χ0) is 18.5. The Balaban J connectivity index is 1.90. The van der Waals surface area contributed by atoms with Crippen LogP contribution >= 0.6 is 0 Å². The van der Waals surface area contributed by atoms with Gasteiger partial charge in [0.15, 0.2) is 0 Å². The molecule has 3 aliphatic rings. The average Bonchev–Trinajstić information content (AvgIpc) is 3.00. The second-order valence-electron chi connectivity index (χ2n) is 7.16. The van der Waals surface area contributed by atoms with E-state index in [0.29, 0.717) is 24.0 Å². The van der Waals surface area contributed by atoms with Gasteiger partial charge >= 0.3 is 11.9 Å². The van der Waals surface area contributed by atoms with Gasteiger partial charge in [-0.3, -0.25) is 0 Å². The van der Waals surface area contributed by atoms with Crippen molar-refractivity contribution >= 4 is 11.9 Å². The zero-order valence-electron chi connectivity index (χ0n) is 14.7. The Morgan fingerprint density at radius 2 is 2.00 bits per heavy atom. The first kappa shape index (κ1) is 17.7. The van der Waals surface area contributed by atoms with Crippen molar-refractivity contribution in [2.24, 2.45) is 17.8 Å². The van der Waals surface area contributed by atoms with E-state index < -0.39 is 30.2 Å². The van der Waals surface area contributed by atoms with Crippen molar-refractivity contribution in [1.82, 2.24) is 0 Å². The molecular formula is C20H24O5. The Hall–Kier alpha value is -2.14. The standard InChI is InChI=1S/C20H24O5/c1-6-9(2)19(22)24-15-8-13-10(3)7-14(21)17-12(5)20(23)25-18(17)16(13)11(15)4/h6,13-18,21H,3-5,7-8H2,1-2H3/b9-6+/t13-,14-,15-,16-,17+,18+/m0/s1. The quantitative estimate of drug-likeness (QED) is 0.473. The van der Waals surface area contributed by atoms with E-state index >= 15 is 0 Å². The number of hydrogen-bond acceptors (Lipinski definition) is 5. The smallest absolute Gasteiger partial charge is 0.334 e. The molecule has 0 spiro atoms. The molecule has 5 heteroatoms. The van der Waals surface area contributed by atoms with E-state index in [1.54, 1.807) is 19.9 Å². The largest absolute Gasteiger partial charge is 0.458 e. The first-order valence-electron chi connectivity index (χ1n) is 8.54. The van der Waals surface area contributed by atoms with Crippen LogP contribution in [0.1, 0.15) is 26.7 Å². The highest BCUT2D eigenvalue weighted by atomic mass is 16.6. The summed E-state index contributed by atoms with van der Waals surface area (Å²) in [6, 6.07) is 0. The number of carbonyl (C=O) groups is 2. The fourth-order valence-electron chi connectivity index (χ4n) is 4.23. The molecule has 25 heavy (non-hydrogen) atoms. The minimum absolute atomic E-state index is 0.0421. The van der Waals surface area contributed by atoms with Crippen molar-refractivity contribution in [1.29, 1.82) is 0 Å². The van der Waals surface area contributed by atoms with Gasteiger partial charge in [0.1, 0.15) is 12.2 Å². The molecule has 0 radical (unpaired) electrons. The molecular weight excluding hydrogens is 320 g/mol. The van der Waals surface area contributed by atoms with Gasteiger partial charge in [0, 0.05) is 17.1 Å². The van der Waals surface area contributed by atoms with E-state index in [2.05, 4.69) is 19.7 Å². The second kappa shape index (κ2) is 6.30. The number of carbonyl (C=O) groups excluding carboxylic acids is 2. The summed E-state index contributed by atoms with van der Waals surface area (Å²) in [6.07, 6.45) is 0.897. The van der Waals surface area contributed by atoms with E-state index in [0.717, 1.165) is 11.1 Å². The van der Waals surface area contributed by atoms with Crippen LogP contribution in [0, 0.1) is 17.8 Å². The van der Waals surface area contributed by atoms with Crippen LogP contribution in [0.25, 0.3) is 0 Å². The monoisotopic (exact) mass is 344 g/mol. The molecule has 5 nitrogen and oxygen atoms in total. The molecule has 0 unspecified atom stereocenters. The lowest BCUT2D eigenvalue weighted by molar-refractivity contribution is -0.143. The van der Waals surface area contributed by atoms with Gasteiger partial charge in [0.25, 0.3) is 0 Å². The Labute approximate surface area is 147 Å². The van der Waals surface area contributed by atoms with Crippen LogP contribution in [0.5, 0.6) is 0 Å². The maximum Gasteiger partial charge on any atom is 0.334 e. The first-order chi connectivity index (χ1) is 11.8. The van der Waals surface area contributed by atoms with Crippen LogP contribution in [-0.4, -0.2) is 35.4 Å². The fraction of sp³-hybridized carbons (Fsp3) is 0.500. The highest BCUT2D eigenvalue weighted by Crippen LogP contribution is 2.52. The second-order valence-corrected chi connectivity index (χ2v) is 7.16. The van der Waals surface area contributed by atoms with Gasteiger partial charge < -0.3 is 14.6 Å². The van der Waals surface area contributed by atoms with Crippen molar-refractivity contribution in [3.05, 3.63) is 48.1 Å². The highest BCUT2D eigenvalue weighted by molar-refractivity contribution is 5.91. The number of allylic oxidation sites excluding steroid dienone is 1. The maximum atomic E-state index is 12.1. The Morgan fingerprint density at radius 3 is 2.64 bits per heavy atom. The lowest BCUT2D eigenvalue weighted by Crippen LogP contribution is -2.34. The summed E-state index contributed by atoms with van der Waals surface area (Å²) in [4.78, 5) is 24.1. The molecule has 2 aliphatic carbocycles. The Morgan fingerprint density at radius 1 is 1.32 bits per heavy atom. The average molecular weight is 344 g/mol. The normalized spacial score (nSPS) is 38.1. The molecule has 0 aromatic heterocycles. The van der Waals surface area contributed by atoms with E-state index in [9.17, 15) is 14.7 Å². The molecule has 0 aromatic rings. The summed E-state index contributed by atoms with van der Waals surface area (Å²) in [5, 5.41) is 10.5. The van der Waals surface area contributed by atoms with Crippen LogP contribution in [0.4, 0.5) is 0 Å². The van der Waals surface area contributed by atoms with Gasteiger partial charge in [-0.05, 0) is 38.2 Å². The summed E-state index contributed by atoms with van der Waals surface area (Å²) in [7, 11) is 0. The van der Waals surface area contributed by atoms with E-state index in [4.69, 9.17) is 9.47 Å². The zero-order valence-corrected chi connectivity index (χ0v) is 14.7. The van der Waals surface area contributed by atoms with Crippen LogP contribution in [0.2, 0.25) is 0 Å². The minimum atomic E-state index is -0.749. The van der Waals surface area contributed by atoms with Gasteiger partial charge in [0.2, 0.25) is 0 Å². The predicted octanol–water partition coefficient (Wildman–Crippen LogP) is 2.48. The number of rotatable bonds is 2. The van der Waals surface area contributed by atoms with Crippen molar-refractivity contribution in [2.75, 3.05) is 0 Å². The summed E-state index contributed by atoms with van der Waals surface area (Å²) < 4.78 is 11.1. The summed E-state index contributed by atoms with van der Waals surface area (Å²) in [5.41, 5.74) is 2.42. The van der Waals surface area contributed by atoms with Crippen LogP contribution < -0.4 is 0 Å². The minimum Gasteiger partial charge on any atom is -0.458 e. The first-order valence-corrected chi connectivity index (χ1v) is 8.54. The third-order valence-corrected chi connectivity index (χ3v) is 5.77. The molecule has 6 atom stereocenters. The molecule has 3 rings (SSSR count). The van der Waals surface area contributed by atoms with Crippen LogP contribution in [-0.2, 0) is 19.1 Å². The van der Waals surface area contributed by atoms with Crippen molar-refractivity contribution in [3.8, 4) is 0 Å². The van der Waals surface area contributed by atoms with Crippen LogP contribution in [0.3, 0.4) is 0 Å². The number of aliphatic hydroxyl groups excluding tert-OH is 1. The highest BCUT2D eigenvalue weighted by Gasteiger charge is 2.56. The lowest BCUT2D eigenvalue weighted by atomic mass is 9.81. The molecule has 0 bridgehead atoms. The van der Waals surface area contributed by atoms with E-state index in [1.807, 2.05) is 0 Å². The molecule has 0 amide bonds.